The van der Waals surface area contributed by atoms with Crippen LogP contribution in [-0.2, 0) is 9.53 Å². The van der Waals surface area contributed by atoms with E-state index in [1.54, 1.807) is 12.1 Å². The molecule has 2 heterocycles. The first-order valence-corrected chi connectivity index (χ1v) is 9.93. The smallest absolute Gasteiger partial charge is 0.414 e. The van der Waals surface area contributed by atoms with Crippen molar-refractivity contribution in [2.24, 2.45) is 0 Å². The summed E-state index contributed by atoms with van der Waals surface area (Å²) >= 11 is 1.47. The molecule has 3 rings (SSSR count). The van der Waals surface area contributed by atoms with Crippen molar-refractivity contribution in [1.82, 2.24) is 10.3 Å². The normalized spacial score (nSPS) is 15.8. The lowest BCUT2D eigenvalue weighted by molar-refractivity contribution is -0.119. The number of pyridine rings is 1. The number of hydrogen-bond acceptors (Lipinski definition) is 6. The predicted octanol–water partition coefficient (Wildman–Crippen LogP) is 2.66. The maximum atomic E-state index is 14.5. The zero-order valence-corrected chi connectivity index (χ0v) is 16.6. The van der Waals surface area contributed by atoms with E-state index < -0.39 is 23.9 Å². The first-order chi connectivity index (χ1) is 13.9. The molecule has 8 nitrogen and oxygen atoms in total. The number of aromatic nitrogens is 1. The van der Waals surface area contributed by atoms with Gasteiger partial charge in [0.2, 0.25) is 5.91 Å². The molecule has 1 saturated heterocycles. The van der Waals surface area contributed by atoms with E-state index in [-0.39, 0.29) is 30.2 Å². The third-order valence-electron chi connectivity index (χ3n) is 4.17. The minimum atomic E-state index is -0.771. The summed E-state index contributed by atoms with van der Waals surface area (Å²) < 4.78 is 19.7. The molecule has 1 fully saturated rings. The zero-order valence-electron chi connectivity index (χ0n) is 15.8. The number of ether oxygens (including phenoxy) is 1. The Morgan fingerprint density at radius 1 is 1.34 bits per heavy atom. The summed E-state index contributed by atoms with van der Waals surface area (Å²) in [6.45, 7) is 1.70. The number of rotatable bonds is 6. The van der Waals surface area contributed by atoms with Crippen LogP contribution in [0.4, 0.5) is 20.6 Å². The molecule has 0 spiro atoms. The Balaban J connectivity index is 1.68. The first kappa shape index (κ1) is 20.6. The fourth-order valence-corrected chi connectivity index (χ4v) is 3.09. The first-order valence-electron chi connectivity index (χ1n) is 8.71. The Morgan fingerprint density at radius 2 is 2.14 bits per heavy atom. The quantitative estimate of drug-likeness (QED) is 0.700. The number of cyclic esters (lactones) is 1. The van der Waals surface area contributed by atoms with Crippen molar-refractivity contribution < 1.29 is 23.5 Å². The molecule has 0 bridgehead atoms. The minimum Gasteiger partial charge on any atom is -0.442 e. The molecule has 1 aliphatic heterocycles. The van der Waals surface area contributed by atoms with E-state index in [2.05, 4.69) is 15.6 Å². The predicted molar refractivity (Wildman–Crippen MR) is 107 cm³/mol. The van der Waals surface area contributed by atoms with Crippen LogP contribution < -0.4 is 15.5 Å². The molecule has 0 unspecified atom stereocenters. The fraction of sp³-hybridized carbons (Fsp3) is 0.263. The summed E-state index contributed by atoms with van der Waals surface area (Å²) in [6, 6.07) is 7.30. The number of thioether (sulfide) groups is 1. The lowest BCUT2D eigenvalue weighted by atomic mass is 10.1. The van der Waals surface area contributed by atoms with Crippen molar-refractivity contribution in [3.8, 4) is 0 Å². The van der Waals surface area contributed by atoms with Gasteiger partial charge in [-0.25, -0.2) is 14.2 Å². The summed E-state index contributed by atoms with van der Waals surface area (Å²) in [5.41, 5.74) is 0.547. The van der Waals surface area contributed by atoms with Gasteiger partial charge in [-0.3, -0.25) is 14.5 Å². The Bertz CT molecular complexity index is 938. The summed E-state index contributed by atoms with van der Waals surface area (Å²) in [5, 5.41) is 5.95. The Morgan fingerprint density at radius 3 is 2.76 bits per heavy atom. The van der Waals surface area contributed by atoms with Crippen LogP contribution in [0.15, 0.2) is 41.6 Å². The molecule has 0 saturated carbocycles. The highest BCUT2D eigenvalue weighted by molar-refractivity contribution is 7.98. The second-order valence-corrected chi connectivity index (χ2v) is 7.09. The van der Waals surface area contributed by atoms with Gasteiger partial charge >= 0.3 is 6.09 Å². The highest BCUT2D eigenvalue weighted by atomic mass is 32.2. The number of benzene rings is 1. The van der Waals surface area contributed by atoms with Gasteiger partial charge in [0, 0.05) is 6.92 Å². The topological polar surface area (TPSA) is 101 Å². The maximum Gasteiger partial charge on any atom is 0.414 e. The van der Waals surface area contributed by atoms with E-state index >= 15 is 0 Å². The Hall–Kier alpha value is -3.14. The summed E-state index contributed by atoms with van der Waals surface area (Å²) in [4.78, 5) is 40.8. The molecule has 1 atom stereocenters. The third-order valence-corrected chi connectivity index (χ3v) is 4.82. The van der Waals surface area contributed by atoms with Gasteiger partial charge in [0.1, 0.15) is 11.9 Å². The van der Waals surface area contributed by atoms with Crippen LogP contribution in [-0.4, -0.2) is 48.3 Å². The molecule has 29 heavy (non-hydrogen) atoms. The van der Waals surface area contributed by atoms with Crippen LogP contribution in [0.5, 0.6) is 0 Å². The molecule has 10 heteroatoms. The number of amides is 3. The van der Waals surface area contributed by atoms with Crippen molar-refractivity contribution in [2.75, 3.05) is 29.6 Å². The molecular weight excluding hydrogens is 399 g/mol. The Kier molecular flexibility index (Phi) is 6.32. The second-order valence-electron chi connectivity index (χ2n) is 6.26. The van der Waals surface area contributed by atoms with Gasteiger partial charge < -0.3 is 15.4 Å². The van der Waals surface area contributed by atoms with Gasteiger partial charge in [0.25, 0.3) is 5.91 Å². The number of nitrogens with zero attached hydrogens (tertiary/aromatic N) is 2. The third kappa shape index (κ3) is 5.02. The van der Waals surface area contributed by atoms with Crippen LogP contribution >= 0.6 is 11.8 Å². The van der Waals surface area contributed by atoms with Crippen molar-refractivity contribution in [1.29, 1.82) is 0 Å². The molecule has 2 aromatic rings. The largest absolute Gasteiger partial charge is 0.442 e. The van der Waals surface area contributed by atoms with Gasteiger partial charge in [0.05, 0.1) is 41.3 Å². The van der Waals surface area contributed by atoms with Gasteiger partial charge in [0.15, 0.2) is 0 Å². The van der Waals surface area contributed by atoms with Crippen LogP contribution in [0.1, 0.15) is 17.3 Å². The number of carbonyl (C=O) groups excluding carboxylic acids is 3. The van der Waals surface area contributed by atoms with E-state index in [1.807, 2.05) is 6.26 Å². The van der Waals surface area contributed by atoms with E-state index in [1.165, 1.54) is 41.9 Å². The summed E-state index contributed by atoms with van der Waals surface area (Å²) in [7, 11) is 0. The Labute approximate surface area is 170 Å². The molecule has 1 aliphatic rings. The van der Waals surface area contributed by atoms with Gasteiger partial charge in [-0.15, -0.1) is 11.8 Å². The van der Waals surface area contributed by atoms with Gasteiger partial charge in [-0.2, -0.15) is 0 Å². The van der Waals surface area contributed by atoms with E-state index in [4.69, 9.17) is 4.74 Å². The van der Waals surface area contributed by atoms with Gasteiger partial charge in [-0.1, -0.05) is 0 Å². The van der Waals surface area contributed by atoms with Crippen LogP contribution in [0.3, 0.4) is 0 Å². The number of carbonyl (C=O) groups is 3. The molecule has 0 aliphatic carbocycles. The molecular formula is C19H19FN4O4S. The molecule has 3 amide bonds. The lowest BCUT2D eigenvalue weighted by Gasteiger charge is -2.14. The summed E-state index contributed by atoms with van der Waals surface area (Å²) in [5.74, 6) is -1.63. The SMILES string of the molecule is CSc1ccc(NC(=O)c2ccc(N3C[C@H](CNC(C)=O)OC3=O)cc2F)cn1. The van der Waals surface area contributed by atoms with Crippen molar-refractivity contribution in [3.05, 3.63) is 47.9 Å². The van der Waals surface area contributed by atoms with Crippen LogP contribution in [0.2, 0.25) is 0 Å². The minimum absolute atomic E-state index is 0.162. The fourth-order valence-electron chi connectivity index (χ4n) is 2.73. The summed E-state index contributed by atoms with van der Waals surface area (Å²) in [6.07, 6.45) is 2.20. The standard InChI is InChI=1S/C19H19FN4O4S/c1-11(25)21-9-14-10-24(19(27)28-14)13-4-5-15(16(20)7-13)18(26)23-12-3-6-17(29-2)22-8-12/h3-8,14H,9-10H2,1-2H3,(H,21,25)(H,23,26)/t14-/m0/s1. The molecule has 2 N–H and O–H groups in total. The monoisotopic (exact) mass is 418 g/mol. The van der Waals surface area contributed by atoms with Gasteiger partial charge in [-0.05, 0) is 36.6 Å². The molecule has 1 aromatic carbocycles. The van der Waals surface area contributed by atoms with Crippen molar-refractivity contribution in [3.63, 3.8) is 0 Å². The van der Waals surface area contributed by atoms with Crippen LogP contribution in [0.25, 0.3) is 0 Å². The number of anilines is 2. The zero-order chi connectivity index (χ0) is 21.0. The van der Waals surface area contributed by atoms with Crippen molar-refractivity contribution in [2.45, 2.75) is 18.1 Å². The highest BCUT2D eigenvalue weighted by Crippen LogP contribution is 2.24. The number of nitrogens with one attached hydrogen (secondary N) is 2. The molecule has 1 aromatic heterocycles. The van der Waals surface area contributed by atoms with Crippen LogP contribution in [0, 0.1) is 5.82 Å². The maximum absolute atomic E-state index is 14.5. The number of hydrogen-bond donors (Lipinski definition) is 2. The lowest BCUT2D eigenvalue weighted by Crippen LogP contribution is -2.33. The molecule has 0 radical (unpaired) electrons. The molecule has 152 valence electrons. The van der Waals surface area contributed by atoms with Crippen molar-refractivity contribution >= 4 is 41.0 Å². The van der Waals surface area contributed by atoms with E-state index in [0.29, 0.717) is 5.69 Å². The van der Waals surface area contributed by atoms with E-state index in [0.717, 1.165) is 11.1 Å². The number of halogens is 1. The highest BCUT2D eigenvalue weighted by Gasteiger charge is 2.33. The average molecular weight is 418 g/mol. The van der Waals surface area contributed by atoms with E-state index in [9.17, 15) is 18.8 Å². The average Bonchev–Trinajstić information content (AvgIpc) is 3.07. The second kappa shape index (κ2) is 8.91.